The van der Waals surface area contributed by atoms with Crippen LogP contribution in [0.2, 0.25) is 0 Å². The van der Waals surface area contributed by atoms with Crippen LogP contribution in [0.5, 0.6) is 0 Å². The molecule has 1 aromatic heterocycles. The van der Waals surface area contributed by atoms with Crippen LogP contribution in [0.4, 0.5) is 0 Å². The minimum atomic E-state index is 0.279. The Morgan fingerprint density at radius 1 is 1.25 bits per heavy atom. The van der Waals surface area contributed by atoms with Gasteiger partial charge in [0, 0.05) is 17.1 Å². The van der Waals surface area contributed by atoms with Gasteiger partial charge in [-0.05, 0) is 31.5 Å². The minimum Gasteiger partial charge on any atom is -0.338 e. The molecule has 0 aliphatic heterocycles. The highest BCUT2D eigenvalue weighted by molar-refractivity contribution is 9.10. The van der Waals surface area contributed by atoms with E-state index < -0.39 is 0 Å². The summed E-state index contributed by atoms with van der Waals surface area (Å²) in [6.07, 6.45) is 0. The summed E-state index contributed by atoms with van der Waals surface area (Å²) >= 11 is 3.45. The maximum Gasteiger partial charge on any atom is 0.240 e. The average Bonchev–Trinajstić information content (AvgIpc) is 2.88. The molecular formula is C14H19BrN4O. The lowest BCUT2D eigenvalue weighted by Crippen LogP contribution is -2.30. The topological polar surface area (TPSA) is 68.2 Å². The molecule has 0 saturated carbocycles. The summed E-state index contributed by atoms with van der Waals surface area (Å²) in [5.41, 5.74) is 6.73. The standard InChI is InChI=1S/C14H19BrN4O/c1-10(2)19(8-11-3-5-12(15)6-4-11)9-13-17-14(7-16)20-18-13/h3-6,10H,7-9,16H2,1-2H3. The molecule has 0 atom stereocenters. The lowest BCUT2D eigenvalue weighted by Gasteiger charge is -2.25. The van der Waals surface area contributed by atoms with Crippen molar-refractivity contribution in [2.24, 2.45) is 5.73 Å². The molecule has 5 nitrogen and oxygen atoms in total. The molecule has 0 radical (unpaired) electrons. The molecule has 108 valence electrons. The van der Waals surface area contributed by atoms with Gasteiger partial charge in [0.15, 0.2) is 5.82 Å². The zero-order valence-electron chi connectivity index (χ0n) is 11.7. The number of halogens is 1. The zero-order valence-corrected chi connectivity index (χ0v) is 13.3. The number of benzene rings is 1. The zero-order chi connectivity index (χ0) is 14.5. The number of nitrogens with zero attached hydrogens (tertiary/aromatic N) is 3. The number of hydrogen-bond donors (Lipinski definition) is 1. The van der Waals surface area contributed by atoms with Crippen LogP contribution in [0, 0.1) is 0 Å². The van der Waals surface area contributed by atoms with Crippen molar-refractivity contribution >= 4 is 15.9 Å². The van der Waals surface area contributed by atoms with Crippen molar-refractivity contribution < 1.29 is 4.52 Å². The summed E-state index contributed by atoms with van der Waals surface area (Å²) in [5.74, 6) is 1.16. The fourth-order valence-corrected chi connectivity index (χ4v) is 2.13. The van der Waals surface area contributed by atoms with E-state index in [2.05, 4.69) is 69.1 Å². The van der Waals surface area contributed by atoms with E-state index in [9.17, 15) is 0 Å². The van der Waals surface area contributed by atoms with Crippen LogP contribution >= 0.6 is 15.9 Å². The van der Waals surface area contributed by atoms with Gasteiger partial charge in [0.1, 0.15) is 0 Å². The largest absolute Gasteiger partial charge is 0.338 e. The number of nitrogens with two attached hydrogens (primary N) is 1. The first-order chi connectivity index (χ1) is 9.58. The van der Waals surface area contributed by atoms with E-state index in [1.165, 1.54) is 5.56 Å². The quantitative estimate of drug-likeness (QED) is 0.876. The van der Waals surface area contributed by atoms with Crippen molar-refractivity contribution in [3.8, 4) is 0 Å². The van der Waals surface area contributed by atoms with Crippen LogP contribution in [0.25, 0.3) is 0 Å². The second-order valence-electron chi connectivity index (χ2n) is 4.93. The summed E-state index contributed by atoms with van der Waals surface area (Å²) < 4.78 is 6.13. The van der Waals surface area contributed by atoms with E-state index in [1.807, 2.05) is 0 Å². The third-order valence-electron chi connectivity index (χ3n) is 3.06. The van der Waals surface area contributed by atoms with E-state index in [4.69, 9.17) is 10.3 Å². The lowest BCUT2D eigenvalue weighted by molar-refractivity contribution is 0.196. The molecule has 6 heteroatoms. The van der Waals surface area contributed by atoms with Gasteiger partial charge in [-0.15, -0.1) is 0 Å². The Balaban J connectivity index is 2.05. The third-order valence-corrected chi connectivity index (χ3v) is 3.59. The normalized spacial score (nSPS) is 11.5. The molecule has 2 aromatic rings. The molecule has 2 N–H and O–H groups in total. The van der Waals surface area contributed by atoms with Gasteiger partial charge in [0.05, 0.1) is 13.1 Å². The molecule has 2 rings (SSSR count). The maximum atomic E-state index is 5.48. The van der Waals surface area contributed by atoms with Gasteiger partial charge in [0.25, 0.3) is 0 Å². The fourth-order valence-electron chi connectivity index (χ4n) is 1.86. The third kappa shape index (κ3) is 4.13. The molecule has 1 heterocycles. The van der Waals surface area contributed by atoms with Crippen molar-refractivity contribution in [3.63, 3.8) is 0 Å². The Kier molecular flexibility index (Phi) is 5.28. The molecule has 0 bridgehead atoms. The van der Waals surface area contributed by atoms with Gasteiger partial charge in [-0.2, -0.15) is 4.98 Å². The highest BCUT2D eigenvalue weighted by Gasteiger charge is 2.14. The monoisotopic (exact) mass is 338 g/mol. The molecular weight excluding hydrogens is 320 g/mol. The Bertz CT molecular complexity index is 538. The Morgan fingerprint density at radius 3 is 2.50 bits per heavy atom. The minimum absolute atomic E-state index is 0.279. The average molecular weight is 339 g/mol. The Morgan fingerprint density at radius 2 is 1.95 bits per heavy atom. The first-order valence-corrected chi connectivity index (χ1v) is 7.38. The summed E-state index contributed by atoms with van der Waals surface area (Å²) in [6, 6.07) is 8.71. The van der Waals surface area contributed by atoms with E-state index in [1.54, 1.807) is 0 Å². The molecule has 0 aliphatic carbocycles. The van der Waals surface area contributed by atoms with Crippen LogP contribution in [0.1, 0.15) is 31.1 Å². The van der Waals surface area contributed by atoms with Gasteiger partial charge < -0.3 is 10.3 Å². The SMILES string of the molecule is CC(C)N(Cc1ccc(Br)cc1)Cc1noc(CN)n1. The predicted octanol–water partition coefficient (Wildman–Crippen LogP) is 2.70. The summed E-state index contributed by atoms with van der Waals surface area (Å²) in [6.45, 7) is 6.08. The van der Waals surface area contributed by atoms with Crippen molar-refractivity contribution in [2.75, 3.05) is 0 Å². The van der Waals surface area contributed by atoms with Gasteiger partial charge in [-0.3, -0.25) is 4.90 Å². The molecule has 0 spiro atoms. The first kappa shape index (κ1) is 15.2. The summed E-state index contributed by atoms with van der Waals surface area (Å²) in [4.78, 5) is 6.54. The van der Waals surface area contributed by atoms with Crippen molar-refractivity contribution in [3.05, 3.63) is 46.0 Å². The lowest BCUT2D eigenvalue weighted by atomic mass is 10.2. The van der Waals surface area contributed by atoms with Gasteiger partial charge in [0.2, 0.25) is 5.89 Å². The molecule has 1 aromatic carbocycles. The predicted molar refractivity (Wildman–Crippen MR) is 80.7 cm³/mol. The van der Waals surface area contributed by atoms with Gasteiger partial charge in [-0.25, -0.2) is 0 Å². The van der Waals surface area contributed by atoms with Crippen LogP contribution in [-0.2, 0) is 19.6 Å². The molecule has 0 saturated heterocycles. The Labute approximate surface area is 127 Å². The van der Waals surface area contributed by atoms with E-state index >= 15 is 0 Å². The maximum absolute atomic E-state index is 5.48. The molecule has 0 unspecified atom stereocenters. The van der Waals surface area contributed by atoms with Crippen molar-refractivity contribution in [1.29, 1.82) is 0 Å². The van der Waals surface area contributed by atoms with E-state index in [0.29, 0.717) is 24.3 Å². The Hall–Kier alpha value is -1.24. The first-order valence-electron chi connectivity index (χ1n) is 6.58. The second kappa shape index (κ2) is 6.97. The van der Waals surface area contributed by atoms with Crippen LogP contribution in [-0.4, -0.2) is 21.1 Å². The fraction of sp³-hybridized carbons (Fsp3) is 0.429. The summed E-state index contributed by atoms with van der Waals surface area (Å²) in [7, 11) is 0. The van der Waals surface area contributed by atoms with Gasteiger partial charge >= 0.3 is 0 Å². The molecule has 0 aliphatic rings. The number of rotatable bonds is 6. The van der Waals surface area contributed by atoms with Crippen molar-refractivity contribution in [2.45, 2.75) is 39.5 Å². The van der Waals surface area contributed by atoms with Crippen LogP contribution in [0.15, 0.2) is 33.3 Å². The number of aromatic nitrogens is 2. The highest BCUT2D eigenvalue weighted by atomic mass is 79.9. The molecule has 0 amide bonds. The molecule has 0 fully saturated rings. The summed E-state index contributed by atoms with van der Waals surface area (Å²) in [5, 5.41) is 3.95. The second-order valence-corrected chi connectivity index (χ2v) is 5.85. The number of hydrogen-bond acceptors (Lipinski definition) is 5. The van der Waals surface area contributed by atoms with Crippen LogP contribution < -0.4 is 5.73 Å². The molecule has 20 heavy (non-hydrogen) atoms. The van der Waals surface area contributed by atoms with Crippen molar-refractivity contribution in [1.82, 2.24) is 15.0 Å². The van der Waals surface area contributed by atoms with Crippen LogP contribution in [0.3, 0.4) is 0 Å². The van der Waals surface area contributed by atoms with E-state index in [-0.39, 0.29) is 6.54 Å². The van der Waals surface area contributed by atoms with E-state index in [0.717, 1.165) is 11.0 Å². The smallest absolute Gasteiger partial charge is 0.240 e. The van der Waals surface area contributed by atoms with Gasteiger partial charge in [-0.1, -0.05) is 33.2 Å². The highest BCUT2D eigenvalue weighted by Crippen LogP contribution is 2.15.